The summed E-state index contributed by atoms with van der Waals surface area (Å²) >= 11 is 0. The molecule has 4 heterocycles. The van der Waals surface area contributed by atoms with Gasteiger partial charge in [-0.15, -0.1) is 0 Å². The van der Waals surface area contributed by atoms with Crippen LogP contribution in [0.25, 0.3) is 33.7 Å². The molecule has 0 spiro atoms. The van der Waals surface area contributed by atoms with E-state index in [4.69, 9.17) is 9.51 Å². The van der Waals surface area contributed by atoms with Gasteiger partial charge >= 0.3 is 0 Å². The number of fused-ring (bicyclic) bond motifs is 1. The largest absolute Gasteiger partial charge is 0.392 e. The number of nitrogens with zero attached hydrogens (tertiary/aromatic N) is 5. The maximum atomic E-state index is 13.6. The highest BCUT2D eigenvalue weighted by Gasteiger charge is 2.34. The van der Waals surface area contributed by atoms with E-state index in [1.165, 1.54) is 0 Å². The molecule has 0 unspecified atom stereocenters. The average molecular weight is 587 g/mol. The number of hydrogen-bond acceptors (Lipinski definition) is 8. The maximum Gasteiger partial charge on any atom is 0.251 e. The highest BCUT2D eigenvalue weighted by atomic mass is 19.3. The molecule has 9 nitrogen and oxygen atoms in total. The number of pyridine rings is 1. The summed E-state index contributed by atoms with van der Waals surface area (Å²) in [7, 11) is 0. The molecular formula is C32H32F2N6O3. The number of ketones is 1. The van der Waals surface area contributed by atoms with Crippen molar-refractivity contribution in [2.24, 2.45) is 0 Å². The summed E-state index contributed by atoms with van der Waals surface area (Å²) in [6.45, 7) is 6.12. The Hall–Kier alpha value is -4.51. The third-order valence-corrected chi connectivity index (χ3v) is 7.78. The lowest BCUT2D eigenvalue weighted by atomic mass is 9.93. The Morgan fingerprint density at radius 2 is 1.79 bits per heavy atom. The summed E-state index contributed by atoms with van der Waals surface area (Å²) in [6, 6.07) is 15.0. The van der Waals surface area contributed by atoms with Crippen LogP contribution in [0, 0.1) is 0 Å². The van der Waals surface area contributed by atoms with Crippen LogP contribution < -0.4 is 4.90 Å². The van der Waals surface area contributed by atoms with Gasteiger partial charge in [-0.25, -0.2) is 18.7 Å². The Labute approximate surface area is 247 Å². The van der Waals surface area contributed by atoms with Crippen molar-refractivity contribution in [3.63, 3.8) is 0 Å². The number of imidazole rings is 1. The van der Waals surface area contributed by atoms with Crippen molar-refractivity contribution in [2.45, 2.75) is 58.0 Å². The standard InChI is InChI=1S/C32H32F2N6O3/c1-31(2,3)30-38-28(39-43-30)25(42)17-20-5-4-6-22(24(20)18-41)23-11-14-35-29-26(23)36-27(37-29)19-7-9-21(10-8-19)40-15-12-32(33,34)13-16-40/h4-11,14,41H,12-13,15-18H2,1-3H3,(H,35,36,37). The zero-order chi connectivity index (χ0) is 30.4. The molecule has 0 amide bonds. The van der Waals surface area contributed by atoms with E-state index < -0.39 is 5.92 Å². The zero-order valence-corrected chi connectivity index (χ0v) is 24.2. The molecule has 0 radical (unpaired) electrons. The van der Waals surface area contributed by atoms with E-state index in [0.717, 1.165) is 22.4 Å². The third-order valence-electron chi connectivity index (χ3n) is 7.78. The molecule has 1 fully saturated rings. The van der Waals surface area contributed by atoms with Crippen LogP contribution in [0.4, 0.5) is 14.5 Å². The van der Waals surface area contributed by atoms with Gasteiger partial charge in [-0.05, 0) is 47.0 Å². The van der Waals surface area contributed by atoms with Crippen LogP contribution in [-0.4, -0.2) is 55.0 Å². The van der Waals surface area contributed by atoms with Crippen LogP contribution in [0.15, 0.2) is 59.3 Å². The van der Waals surface area contributed by atoms with Gasteiger partial charge < -0.3 is 19.5 Å². The summed E-state index contributed by atoms with van der Waals surface area (Å²) < 4.78 is 32.5. The molecule has 0 atom stereocenters. The Bertz CT molecular complexity index is 1780. The number of Topliss-reactive ketones (excluding diaryl/α,β-unsaturated/α-hetero) is 1. The SMILES string of the molecule is CC(C)(C)c1nc(C(=O)Cc2cccc(-c3ccnc4nc(-c5ccc(N6CCC(F)(F)CC6)cc5)[nH]c34)c2CO)no1. The van der Waals surface area contributed by atoms with Crippen molar-refractivity contribution < 1.29 is 23.2 Å². The number of benzene rings is 2. The number of alkyl halides is 2. The minimum atomic E-state index is -2.59. The number of rotatable bonds is 7. The summed E-state index contributed by atoms with van der Waals surface area (Å²) in [5.74, 6) is -1.91. The van der Waals surface area contributed by atoms with Crippen LogP contribution in [0.1, 0.15) is 61.2 Å². The van der Waals surface area contributed by atoms with Gasteiger partial charge in [-0.1, -0.05) is 44.1 Å². The number of piperidine rings is 1. The maximum absolute atomic E-state index is 13.6. The third kappa shape index (κ3) is 5.77. The van der Waals surface area contributed by atoms with Crippen molar-refractivity contribution >= 4 is 22.6 Å². The summed E-state index contributed by atoms with van der Waals surface area (Å²) in [5, 5.41) is 14.3. The van der Waals surface area contributed by atoms with Crippen LogP contribution in [0.2, 0.25) is 0 Å². The van der Waals surface area contributed by atoms with Crippen molar-refractivity contribution in [2.75, 3.05) is 18.0 Å². The zero-order valence-electron chi connectivity index (χ0n) is 24.2. The number of anilines is 1. The molecule has 5 aromatic rings. The molecule has 11 heteroatoms. The molecule has 1 saturated heterocycles. The quantitative estimate of drug-likeness (QED) is 0.219. The van der Waals surface area contributed by atoms with Crippen LogP contribution in [-0.2, 0) is 18.4 Å². The number of aliphatic hydroxyl groups is 1. The molecule has 0 bridgehead atoms. The predicted octanol–water partition coefficient (Wildman–Crippen LogP) is 6.13. The van der Waals surface area contributed by atoms with Gasteiger partial charge in [0.05, 0.1) is 12.1 Å². The lowest BCUT2D eigenvalue weighted by Gasteiger charge is -2.33. The number of carbonyl (C=O) groups excluding carboxylic acids is 1. The lowest BCUT2D eigenvalue weighted by Crippen LogP contribution is -2.39. The van der Waals surface area contributed by atoms with Crippen molar-refractivity contribution in [1.29, 1.82) is 0 Å². The number of aliphatic hydroxyl groups excluding tert-OH is 1. The molecule has 2 N–H and O–H groups in total. The van der Waals surface area contributed by atoms with Gasteiger partial charge in [0.2, 0.25) is 17.5 Å². The number of carbonyl (C=O) groups is 1. The van der Waals surface area contributed by atoms with E-state index in [-0.39, 0.29) is 42.9 Å². The van der Waals surface area contributed by atoms with Crippen molar-refractivity contribution in [3.05, 3.63) is 77.6 Å². The Balaban J connectivity index is 1.28. The minimum absolute atomic E-state index is 0.00366. The van der Waals surface area contributed by atoms with Crippen LogP contribution in [0.3, 0.4) is 0 Å². The normalized spacial score (nSPS) is 15.3. The second kappa shape index (κ2) is 11.0. The minimum Gasteiger partial charge on any atom is -0.392 e. The smallest absolute Gasteiger partial charge is 0.251 e. The van der Waals surface area contributed by atoms with Gasteiger partial charge in [-0.3, -0.25) is 4.79 Å². The number of aromatic amines is 1. The molecule has 1 aliphatic heterocycles. The highest BCUT2D eigenvalue weighted by molar-refractivity contribution is 5.96. The topological polar surface area (TPSA) is 121 Å². The fraction of sp³-hybridized carbons (Fsp3) is 0.344. The number of aromatic nitrogens is 5. The first-order valence-electron chi connectivity index (χ1n) is 14.2. The average Bonchev–Trinajstić information content (AvgIpc) is 3.66. The fourth-order valence-electron chi connectivity index (χ4n) is 5.33. The number of halogens is 2. The first kappa shape index (κ1) is 28.6. The second-order valence-electron chi connectivity index (χ2n) is 11.9. The Kier molecular flexibility index (Phi) is 7.29. The summed E-state index contributed by atoms with van der Waals surface area (Å²) in [4.78, 5) is 31.8. The molecule has 222 valence electrons. The van der Waals surface area contributed by atoms with Gasteiger partial charge in [0.1, 0.15) is 5.82 Å². The molecule has 0 aliphatic carbocycles. The van der Waals surface area contributed by atoms with Gasteiger partial charge in [-0.2, -0.15) is 4.98 Å². The van der Waals surface area contributed by atoms with E-state index in [0.29, 0.717) is 47.1 Å². The molecule has 3 aromatic heterocycles. The Morgan fingerprint density at radius 3 is 2.47 bits per heavy atom. The first-order chi connectivity index (χ1) is 20.5. The van der Waals surface area contributed by atoms with Crippen LogP contribution in [0.5, 0.6) is 0 Å². The van der Waals surface area contributed by atoms with E-state index in [9.17, 15) is 18.7 Å². The second-order valence-corrected chi connectivity index (χ2v) is 11.9. The monoisotopic (exact) mass is 586 g/mol. The lowest BCUT2D eigenvalue weighted by molar-refractivity contribution is -0.0220. The van der Waals surface area contributed by atoms with Gasteiger partial charge in [0, 0.05) is 60.8 Å². The number of H-pyrrole nitrogens is 1. The molecule has 6 rings (SSSR count). The van der Waals surface area contributed by atoms with Gasteiger partial charge in [0.25, 0.3) is 5.92 Å². The first-order valence-corrected chi connectivity index (χ1v) is 14.2. The van der Waals surface area contributed by atoms with E-state index in [2.05, 4.69) is 20.1 Å². The number of nitrogens with one attached hydrogen (secondary N) is 1. The molecular weight excluding hydrogens is 554 g/mol. The van der Waals surface area contributed by atoms with Gasteiger partial charge in [0.15, 0.2) is 5.65 Å². The Morgan fingerprint density at radius 1 is 1.05 bits per heavy atom. The van der Waals surface area contributed by atoms with E-state index >= 15 is 0 Å². The predicted molar refractivity (Wildman–Crippen MR) is 158 cm³/mol. The summed E-state index contributed by atoms with van der Waals surface area (Å²) in [6.07, 6.45) is 1.36. The molecule has 2 aromatic carbocycles. The van der Waals surface area contributed by atoms with E-state index in [1.54, 1.807) is 12.3 Å². The molecule has 1 aliphatic rings. The fourth-order valence-corrected chi connectivity index (χ4v) is 5.33. The molecule has 43 heavy (non-hydrogen) atoms. The van der Waals surface area contributed by atoms with E-state index in [1.807, 2.05) is 68.1 Å². The highest BCUT2D eigenvalue weighted by Crippen LogP contribution is 2.34. The van der Waals surface area contributed by atoms with Crippen molar-refractivity contribution in [1.82, 2.24) is 25.1 Å². The summed E-state index contributed by atoms with van der Waals surface area (Å²) in [5.41, 5.74) is 5.31. The number of hydrogen-bond donors (Lipinski definition) is 2. The van der Waals surface area contributed by atoms with Crippen LogP contribution >= 0.6 is 0 Å². The van der Waals surface area contributed by atoms with Crippen molar-refractivity contribution in [3.8, 4) is 22.5 Å². The molecule has 0 saturated carbocycles.